The smallest absolute Gasteiger partial charge is 0.135 e. The zero-order valence-corrected chi connectivity index (χ0v) is 11.7. The predicted octanol–water partition coefficient (Wildman–Crippen LogP) is 2.99. The van der Waals surface area contributed by atoms with Crippen LogP contribution >= 0.6 is 22.6 Å². The van der Waals surface area contributed by atoms with E-state index < -0.39 is 0 Å². The van der Waals surface area contributed by atoms with Crippen molar-refractivity contribution in [3.63, 3.8) is 0 Å². The normalized spacial score (nSPS) is 25.7. The number of nitrogen functional groups attached to an aromatic ring is 1. The van der Waals surface area contributed by atoms with Gasteiger partial charge in [-0.15, -0.1) is 0 Å². The number of nitrogens with zero attached hydrogens (tertiary/aromatic N) is 2. The highest BCUT2D eigenvalue weighted by Crippen LogP contribution is 2.43. The number of halogens is 1. The summed E-state index contributed by atoms with van der Waals surface area (Å²) in [6.07, 6.45) is 2.47. The molecule has 4 heteroatoms. The number of rotatable bonds is 2. The largest absolute Gasteiger partial charge is 0.383 e. The maximum Gasteiger partial charge on any atom is 0.135 e. The number of hydrogen-bond acceptors (Lipinski definition) is 2. The van der Waals surface area contributed by atoms with E-state index in [4.69, 9.17) is 5.73 Å². The van der Waals surface area contributed by atoms with Gasteiger partial charge in [0.2, 0.25) is 0 Å². The molecular formula is C11H18IN3. The van der Waals surface area contributed by atoms with Gasteiger partial charge < -0.3 is 5.73 Å². The van der Waals surface area contributed by atoms with Gasteiger partial charge in [0.05, 0.1) is 15.3 Å². The minimum absolute atomic E-state index is 0.541. The molecule has 0 bridgehead atoms. The van der Waals surface area contributed by atoms with E-state index in [-0.39, 0.29) is 0 Å². The Bertz CT molecular complexity index is 364. The lowest BCUT2D eigenvalue weighted by molar-refractivity contribution is 0.138. The van der Waals surface area contributed by atoms with Crippen molar-refractivity contribution >= 4 is 28.4 Å². The molecular weight excluding hydrogens is 301 g/mol. The molecule has 3 nitrogen and oxygen atoms in total. The second-order valence-electron chi connectivity index (χ2n) is 4.86. The van der Waals surface area contributed by atoms with E-state index in [1.165, 1.54) is 12.8 Å². The molecule has 0 amide bonds. The third-order valence-electron chi connectivity index (χ3n) is 3.49. The first-order valence-electron chi connectivity index (χ1n) is 5.50. The Morgan fingerprint density at radius 3 is 2.47 bits per heavy atom. The van der Waals surface area contributed by atoms with Crippen LogP contribution in [-0.4, -0.2) is 9.78 Å². The third-order valence-corrected chi connectivity index (χ3v) is 4.82. The zero-order valence-electron chi connectivity index (χ0n) is 9.50. The highest BCUT2D eigenvalue weighted by Gasteiger charge is 2.34. The quantitative estimate of drug-likeness (QED) is 0.852. The SMILES string of the molecule is Cc1nn(C2CC(C(C)C)C2)c(N)c1I. The summed E-state index contributed by atoms with van der Waals surface area (Å²) < 4.78 is 3.14. The number of aryl methyl sites for hydroxylation is 1. The highest BCUT2D eigenvalue weighted by molar-refractivity contribution is 14.1. The molecule has 0 saturated heterocycles. The number of hydrogen-bond donors (Lipinski definition) is 1. The maximum atomic E-state index is 6.03. The number of aromatic nitrogens is 2. The van der Waals surface area contributed by atoms with Crippen LogP contribution in [-0.2, 0) is 0 Å². The molecule has 1 aliphatic rings. The molecule has 0 unspecified atom stereocenters. The fourth-order valence-corrected chi connectivity index (χ4v) is 2.55. The van der Waals surface area contributed by atoms with Gasteiger partial charge in [-0.25, -0.2) is 4.68 Å². The molecule has 0 aliphatic heterocycles. The van der Waals surface area contributed by atoms with Crippen molar-refractivity contribution in [3.8, 4) is 0 Å². The van der Waals surface area contributed by atoms with Crippen LogP contribution in [0.3, 0.4) is 0 Å². The van der Waals surface area contributed by atoms with Crippen LogP contribution in [0.4, 0.5) is 5.82 Å². The Hall–Kier alpha value is -0.260. The van der Waals surface area contributed by atoms with Gasteiger partial charge in [-0.2, -0.15) is 5.10 Å². The van der Waals surface area contributed by atoms with Crippen LogP contribution < -0.4 is 5.73 Å². The standard InChI is InChI=1S/C11H18IN3/c1-6(2)8-4-9(5-8)15-11(13)10(12)7(3)14-15/h6,8-9H,4-5,13H2,1-3H3. The topological polar surface area (TPSA) is 43.8 Å². The van der Waals surface area contributed by atoms with Crippen molar-refractivity contribution < 1.29 is 0 Å². The molecule has 1 aliphatic carbocycles. The summed E-state index contributed by atoms with van der Waals surface area (Å²) in [6, 6.07) is 0.541. The second-order valence-corrected chi connectivity index (χ2v) is 5.94. The van der Waals surface area contributed by atoms with E-state index in [9.17, 15) is 0 Å². The van der Waals surface area contributed by atoms with Gasteiger partial charge in [0.25, 0.3) is 0 Å². The Morgan fingerprint density at radius 2 is 2.07 bits per heavy atom. The second kappa shape index (κ2) is 3.96. The van der Waals surface area contributed by atoms with Crippen LogP contribution in [0.25, 0.3) is 0 Å². The van der Waals surface area contributed by atoms with E-state index in [1.807, 2.05) is 11.6 Å². The monoisotopic (exact) mass is 319 g/mol. The van der Waals surface area contributed by atoms with Crippen LogP contribution in [0.15, 0.2) is 0 Å². The first-order valence-corrected chi connectivity index (χ1v) is 6.58. The first-order chi connectivity index (χ1) is 7.00. The van der Waals surface area contributed by atoms with Crippen molar-refractivity contribution in [1.29, 1.82) is 0 Å². The summed E-state index contributed by atoms with van der Waals surface area (Å²) in [5, 5.41) is 4.51. The van der Waals surface area contributed by atoms with Crippen LogP contribution in [0.1, 0.15) is 38.4 Å². The summed E-state index contributed by atoms with van der Waals surface area (Å²) in [7, 11) is 0. The van der Waals surface area contributed by atoms with Crippen molar-refractivity contribution in [1.82, 2.24) is 9.78 Å². The van der Waals surface area contributed by atoms with E-state index in [0.29, 0.717) is 6.04 Å². The van der Waals surface area contributed by atoms with E-state index >= 15 is 0 Å². The molecule has 0 radical (unpaired) electrons. The van der Waals surface area contributed by atoms with E-state index in [1.54, 1.807) is 0 Å². The third kappa shape index (κ3) is 1.88. The molecule has 1 heterocycles. The summed E-state index contributed by atoms with van der Waals surface area (Å²) >= 11 is 2.27. The summed E-state index contributed by atoms with van der Waals surface area (Å²) in [4.78, 5) is 0. The number of nitrogens with two attached hydrogens (primary N) is 1. The molecule has 0 atom stereocenters. The molecule has 0 aromatic carbocycles. The minimum atomic E-state index is 0.541. The van der Waals surface area contributed by atoms with Crippen molar-refractivity contribution in [3.05, 3.63) is 9.26 Å². The minimum Gasteiger partial charge on any atom is -0.383 e. The Morgan fingerprint density at radius 1 is 1.47 bits per heavy atom. The molecule has 1 aromatic heterocycles. The maximum absolute atomic E-state index is 6.03. The van der Waals surface area contributed by atoms with E-state index in [0.717, 1.165) is 26.9 Å². The van der Waals surface area contributed by atoms with Gasteiger partial charge in [-0.3, -0.25) is 0 Å². The molecule has 1 saturated carbocycles. The van der Waals surface area contributed by atoms with Crippen molar-refractivity contribution in [2.45, 2.75) is 39.7 Å². The molecule has 2 rings (SSSR count). The predicted molar refractivity (Wildman–Crippen MR) is 70.7 cm³/mol. The van der Waals surface area contributed by atoms with Gasteiger partial charge in [-0.05, 0) is 54.2 Å². The Kier molecular flexibility index (Phi) is 2.96. The van der Waals surface area contributed by atoms with Crippen molar-refractivity contribution in [2.75, 3.05) is 5.73 Å². The van der Waals surface area contributed by atoms with Gasteiger partial charge in [0.15, 0.2) is 0 Å². The number of anilines is 1. The van der Waals surface area contributed by atoms with Crippen LogP contribution in [0, 0.1) is 22.3 Å². The average molecular weight is 319 g/mol. The molecule has 84 valence electrons. The van der Waals surface area contributed by atoms with Crippen molar-refractivity contribution in [2.24, 2.45) is 11.8 Å². The average Bonchev–Trinajstić information content (AvgIpc) is 2.31. The van der Waals surface area contributed by atoms with Gasteiger partial charge >= 0.3 is 0 Å². The molecule has 2 N–H and O–H groups in total. The van der Waals surface area contributed by atoms with Gasteiger partial charge in [0.1, 0.15) is 5.82 Å². The van der Waals surface area contributed by atoms with Gasteiger partial charge in [-0.1, -0.05) is 13.8 Å². The fourth-order valence-electron chi connectivity index (χ4n) is 2.20. The van der Waals surface area contributed by atoms with Crippen LogP contribution in [0.5, 0.6) is 0 Å². The Balaban J connectivity index is 2.10. The van der Waals surface area contributed by atoms with E-state index in [2.05, 4.69) is 41.5 Å². The van der Waals surface area contributed by atoms with Gasteiger partial charge in [0, 0.05) is 0 Å². The lowest BCUT2D eigenvalue weighted by atomic mass is 9.74. The molecule has 0 spiro atoms. The summed E-state index contributed by atoms with van der Waals surface area (Å²) in [5.74, 6) is 2.50. The highest BCUT2D eigenvalue weighted by atomic mass is 127. The Labute approximate surface area is 105 Å². The molecule has 15 heavy (non-hydrogen) atoms. The van der Waals surface area contributed by atoms with Crippen LogP contribution in [0.2, 0.25) is 0 Å². The fraction of sp³-hybridized carbons (Fsp3) is 0.727. The summed E-state index contributed by atoms with van der Waals surface area (Å²) in [5.41, 5.74) is 7.08. The zero-order chi connectivity index (χ0) is 11.2. The molecule has 1 aromatic rings. The lowest BCUT2D eigenvalue weighted by Crippen LogP contribution is -2.31. The molecule has 1 fully saturated rings. The lowest BCUT2D eigenvalue weighted by Gasteiger charge is -2.38. The first kappa shape index (κ1) is 11.2. The summed E-state index contributed by atoms with van der Waals surface area (Å²) in [6.45, 7) is 6.61.